The molecule has 2 rings (SSSR count). The number of aliphatic hydroxyl groups is 3. The van der Waals surface area contributed by atoms with E-state index in [0.29, 0.717) is 5.75 Å². The molecular weight excluding hydrogens is 278 g/mol. The summed E-state index contributed by atoms with van der Waals surface area (Å²) in [5, 5.41) is 31.7. The highest BCUT2D eigenvalue weighted by molar-refractivity contribution is 5.73. The van der Waals surface area contributed by atoms with E-state index in [9.17, 15) is 20.1 Å². The van der Waals surface area contributed by atoms with Crippen LogP contribution in [0.2, 0.25) is 0 Å². The first-order valence-electron chi connectivity index (χ1n) is 6.64. The van der Waals surface area contributed by atoms with Gasteiger partial charge in [0.2, 0.25) is 12.2 Å². The van der Waals surface area contributed by atoms with Gasteiger partial charge in [-0.25, -0.2) is 0 Å². The largest absolute Gasteiger partial charge is 0.463 e. The van der Waals surface area contributed by atoms with Crippen molar-refractivity contribution in [2.75, 3.05) is 6.61 Å². The van der Waals surface area contributed by atoms with E-state index in [0.717, 1.165) is 0 Å². The summed E-state index contributed by atoms with van der Waals surface area (Å²) in [5.74, 6) is 0.0945. The minimum atomic E-state index is -1.32. The Balaban J connectivity index is 2.18. The molecular formula is C14H19NO6. The summed E-state index contributed by atoms with van der Waals surface area (Å²) in [6, 6.07) is 7.79. The van der Waals surface area contributed by atoms with Crippen LogP contribution in [0.25, 0.3) is 0 Å². The second kappa shape index (κ2) is 6.86. The topological polar surface area (TPSA) is 108 Å². The van der Waals surface area contributed by atoms with Crippen molar-refractivity contribution in [3.63, 3.8) is 0 Å². The predicted molar refractivity (Wildman–Crippen MR) is 72.4 cm³/mol. The molecule has 1 aliphatic heterocycles. The summed E-state index contributed by atoms with van der Waals surface area (Å²) in [5.41, 5.74) is 0. The number of aliphatic hydroxyl groups excluding tert-OH is 3. The third kappa shape index (κ3) is 3.70. The minimum Gasteiger partial charge on any atom is -0.463 e. The molecule has 0 spiro atoms. The molecule has 7 heteroatoms. The lowest BCUT2D eigenvalue weighted by atomic mass is 9.97. The van der Waals surface area contributed by atoms with Gasteiger partial charge < -0.3 is 30.1 Å². The van der Waals surface area contributed by atoms with Gasteiger partial charge in [-0.15, -0.1) is 0 Å². The lowest BCUT2D eigenvalue weighted by Gasteiger charge is -2.42. The summed E-state index contributed by atoms with van der Waals surface area (Å²) < 4.78 is 11.0. The number of carbonyl (C=O) groups excluding carboxylic acids is 1. The molecule has 0 bridgehead atoms. The Morgan fingerprint density at radius 3 is 2.52 bits per heavy atom. The smallest absolute Gasteiger partial charge is 0.223 e. The second-order valence-electron chi connectivity index (χ2n) is 4.86. The van der Waals surface area contributed by atoms with Crippen molar-refractivity contribution in [3.05, 3.63) is 30.3 Å². The summed E-state index contributed by atoms with van der Waals surface area (Å²) in [6.45, 7) is 0.816. The number of hydrogen-bond acceptors (Lipinski definition) is 6. The van der Waals surface area contributed by atoms with Crippen LogP contribution in [-0.4, -0.2) is 58.5 Å². The molecule has 0 aromatic heterocycles. The molecule has 21 heavy (non-hydrogen) atoms. The first kappa shape index (κ1) is 15.7. The molecule has 1 saturated heterocycles. The highest BCUT2D eigenvalue weighted by Crippen LogP contribution is 2.24. The zero-order valence-electron chi connectivity index (χ0n) is 11.5. The summed E-state index contributed by atoms with van der Waals surface area (Å²) in [7, 11) is 0. The van der Waals surface area contributed by atoms with Crippen LogP contribution in [-0.2, 0) is 9.53 Å². The molecule has 0 saturated carbocycles. The van der Waals surface area contributed by atoms with Gasteiger partial charge in [0.1, 0.15) is 30.1 Å². The van der Waals surface area contributed by atoms with Crippen molar-refractivity contribution in [1.29, 1.82) is 0 Å². The van der Waals surface area contributed by atoms with Crippen molar-refractivity contribution < 1.29 is 29.6 Å². The van der Waals surface area contributed by atoms with E-state index in [1.807, 2.05) is 6.07 Å². The quantitative estimate of drug-likeness (QED) is 0.568. The van der Waals surface area contributed by atoms with Crippen molar-refractivity contribution in [3.8, 4) is 5.75 Å². The van der Waals surface area contributed by atoms with E-state index in [1.54, 1.807) is 24.3 Å². The van der Waals surface area contributed by atoms with Gasteiger partial charge in [0.25, 0.3) is 0 Å². The molecule has 1 fully saturated rings. The number of ether oxygens (including phenoxy) is 2. The number of rotatable bonds is 4. The van der Waals surface area contributed by atoms with E-state index < -0.39 is 37.3 Å². The molecule has 1 amide bonds. The van der Waals surface area contributed by atoms with Gasteiger partial charge in [0.05, 0.1) is 6.61 Å². The predicted octanol–water partition coefficient (Wildman–Crippen LogP) is -0.991. The Morgan fingerprint density at radius 1 is 1.29 bits per heavy atom. The standard InChI is InChI=1S/C14H19NO6/c1-8(17)15-11-13(19)12(18)10(7-16)21-14(11)20-9-5-3-2-4-6-9/h2-6,10-14,16,18-19H,7H2,1H3,(H,15,17)/t10-,11+,12+,13+,14+/m1/s1. The Morgan fingerprint density at radius 2 is 1.95 bits per heavy atom. The number of benzene rings is 1. The lowest BCUT2D eigenvalue weighted by molar-refractivity contribution is -0.244. The van der Waals surface area contributed by atoms with Crippen molar-refractivity contribution >= 4 is 5.91 Å². The fourth-order valence-electron chi connectivity index (χ4n) is 2.20. The number of nitrogens with one attached hydrogen (secondary N) is 1. The molecule has 0 unspecified atom stereocenters. The SMILES string of the molecule is CC(=O)N[C@@H]1[C@@H](Oc2ccccc2)O[C@H](CO)[C@H](O)[C@H]1O. The molecule has 1 aliphatic rings. The maximum Gasteiger partial charge on any atom is 0.223 e. The molecule has 4 N–H and O–H groups in total. The molecule has 7 nitrogen and oxygen atoms in total. The number of amides is 1. The van der Waals surface area contributed by atoms with Gasteiger partial charge in [0, 0.05) is 6.92 Å². The normalized spacial score (nSPS) is 32.5. The fourth-order valence-corrected chi connectivity index (χ4v) is 2.20. The van der Waals surface area contributed by atoms with Crippen molar-refractivity contribution in [2.45, 2.75) is 37.6 Å². The number of hydrogen-bond donors (Lipinski definition) is 4. The number of para-hydroxylation sites is 1. The van der Waals surface area contributed by atoms with Gasteiger partial charge in [0.15, 0.2) is 0 Å². The average molecular weight is 297 g/mol. The molecule has 116 valence electrons. The van der Waals surface area contributed by atoms with Crippen LogP contribution < -0.4 is 10.1 Å². The third-order valence-corrected chi connectivity index (χ3v) is 3.25. The summed E-state index contributed by atoms with van der Waals surface area (Å²) >= 11 is 0. The molecule has 0 aliphatic carbocycles. The lowest BCUT2D eigenvalue weighted by Crippen LogP contribution is -2.65. The molecule has 1 aromatic carbocycles. The van der Waals surface area contributed by atoms with Gasteiger partial charge in [-0.1, -0.05) is 18.2 Å². The van der Waals surface area contributed by atoms with Crippen LogP contribution in [0.5, 0.6) is 5.75 Å². The molecule has 1 heterocycles. The van der Waals surface area contributed by atoms with Crippen LogP contribution in [0.3, 0.4) is 0 Å². The van der Waals surface area contributed by atoms with Crippen LogP contribution in [0.15, 0.2) is 30.3 Å². The van der Waals surface area contributed by atoms with Gasteiger partial charge >= 0.3 is 0 Å². The first-order chi connectivity index (χ1) is 10.0. The van der Waals surface area contributed by atoms with Crippen molar-refractivity contribution in [1.82, 2.24) is 5.32 Å². The summed E-state index contributed by atoms with van der Waals surface area (Å²) in [4.78, 5) is 11.2. The second-order valence-corrected chi connectivity index (χ2v) is 4.86. The molecule has 5 atom stereocenters. The van der Waals surface area contributed by atoms with Gasteiger partial charge in [-0.3, -0.25) is 4.79 Å². The van der Waals surface area contributed by atoms with Crippen LogP contribution >= 0.6 is 0 Å². The van der Waals surface area contributed by atoms with Gasteiger partial charge in [-0.2, -0.15) is 0 Å². The fraction of sp³-hybridized carbons (Fsp3) is 0.500. The highest BCUT2D eigenvalue weighted by Gasteiger charge is 2.45. The van der Waals surface area contributed by atoms with Crippen LogP contribution in [0.4, 0.5) is 0 Å². The monoisotopic (exact) mass is 297 g/mol. The van der Waals surface area contributed by atoms with E-state index in [4.69, 9.17) is 9.47 Å². The van der Waals surface area contributed by atoms with E-state index in [2.05, 4.69) is 5.32 Å². The molecule has 0 radical (unpaired) electrons. The Hall–Kier alpha value is -1.67. The zero-order chi connectivity index (χ0) is 15.4. The summed E-state index contributed by atoms with van der Waals surface area (Å²) in [6.07, 6.45) is -4.64. The van der Waals surface area contributed by atoms with Crippen LogP contribution in [0.1, 0.15) is 6.92 Å². The van der Waals surface area contributed by atoms with E-state index in [-0.39, 0.29) is 5.91 Å². The van der Waals surface area contributed by atoms with Gasteiger partial charge in [-0.05, 0) is 12.1 Å². The molecule has 1 aromatic rings. The Bertz CT molecular complexity index is 468. The highest BCUT2D eigenvalue weighted by atomic mass is 16.7. The van der Waals surface area contributed by atoms with Crippen LogP contribution in [0, 0.1) is 0 Å². The van der Waals surface area contributed by atoms with E-state index >= 15 is 0 Å². The maximum absolute atomic E-state index is 11.2. The van der Waals surface area contributed by atoms with E-state index in [1.165, 1.54) is 6.92 Å². The Labute approximate surface area is 122 Å². The Kier molecular flexibility index (Phi) is 5.13. The number of carbonyl (C=O) groups is 1. The van der Waals surface area contributed by atoms with Crippen molar-refractivity contribution in [2.24, 2.45) is 0 Å². The maximum atomic E-state index is 11.2. The minimum absolute atomic E-state index is 0.390. The zero-order valence-corrected chi connectivity index (χ0v) is 11.5. The average Bonchev–Trinajstić information content (AvgIpc) is 2.47. The third-order valence-electron chi connectivity index (χ3n) is 3.25. The first-order valence-corrected chi connectivity index (χ1v) is 6.64.